The summed E-state index contributed by atoms with van der Waals surface area (Å²) >= 11 is 1.65. The van der Waals surface area contributed by atoms with Crippen molar-refractivity contribution in [2.45, 2.75) is 25.8 Å². The predicted molar refractivity (Wildman–Crippen MR) is 73.1 cm³/mol. The number of nitrogens with zero attached hydrogens (tertiary/aromatic N) is 1. The maximum Gasteiger partial charge on any atom is 0.233 e. The van der Waals surface area contributed by atoms with Gasteiger partial charge in [0, 0.05) is 6.54 Å². The third-order valence-electron chi connectivity index (χ3n) is 3.26. The number of likely N-dealkylation sites (tertiary alicyclic amines) is 1. The van der Waals surface area contributed by atoms with Crippen LogP contribution >= 0.6 is 11.8 Å². The van der Waals surface area contributed by atoms with Crippen LogP contribution in [0.5, 0.6) is 0 Å². The van der Waals surface area contributed by atoms with Gasteiger partial charge in [-0.3, -0.25) is 4.79 Å². The number of carbonyl (C=O) groups excluding carboxylic acids is 1. The summed E-state index contributed by atoms with van der Waals surface area (Å²) in [5.74, 6) is 1.49. The van der Waals surface area contributed by atoms with Crippen LogP contribution < -0.4 is 0 Å². The van der Waals surface area contributed by atoms with E-state index in [1.165, 1.54) is 12.1 Å². The van der Waals surface area contributed by atoms with Crippen molar-refractivity contribution in [2.75, 3.05) is 18.1 Å². The number of hydrogen-bond acceptors (Lipinski definition) is 2. The van der Waals surface area contributed by atoms with E-state index in [0.29, 0.717) is 5.75 Å². The minimum Gasteiger partial charge on any atom is -0.335 e. The highest BCUT2D eigenvalue weighted by atomic mass is 32.2. The van der Waals surface area contributed by atoms with E-state index in [1.807, 2.05) is 4.90 Å². The summed E-state index contributed by atoms with van der Waals surface area (Å²) in [7, 11) is 0. The minimum absolute atomic E-state index is 0.135. The lowest BCUT2D eigenvalue weighted by Gasteiger charge is -2.25. The zero-order chi connectivity index (χ0) is 13.0. The average Bonchev–Trinajstić information content (AvgIpc) is 2.86. The van der Waals surface area contributed by atoms with Crippen molar-refractivity contribution in [2.24, 2.45) is 0 Å². The van der Waals surface area contributed by atoms with Crippen molar-refractivity contribution in [3.8, 4) is 0 Å². The largest absolute Gasteiger partial charge is 0.335 e. The van der Waals surface area contributed by atoms with Crippen LogP contribution in [0.1, 0.15) is 31.4 Å². The zero-order valence-corrected chi connectivity index (χ0v) is 11.4. The number of rotatable bonds is 4. The van der Waals surface area contributed by atoms with Gasteiger partial charge < -0.3 is 4.90 Å². The van der Waals surface area contributed by atoms with E-state index in [9.17, 15) is 9.18 Å². The Balaban J connectivity index is 2.07. The van der Waals surface area contributed by atoms with E-state index in [0.717, 1.165) is 30.7 Å². The van der Waals surface area contributed by atoms with Crippen LogP contribution in [0.25, 0.3) is 0 Å². The van der Waals surface area contributed by atoms with Gasteiger partial charge in [-0.15, -0.1) is 0 Å². The van der Waals surface area contributed by atoms with Gasteiger partial charge in [-0.05, 0) is 36.3 Å². The van der Waals surface area contributed by atoms with E-state index in [2.05, 4.69) is 6.92 Å². The molecule has 0 spiro atoms. The molecule has 1 fully saturated rings. The van der Waals surface area contributed by atoms with Gasteiger partial charge >= 0.3 is 0 Å². The molecule has 2 rings (SSSR count). The Kier molecular flexibility index (Phi) is 4.64. The van der Waals surface area contributed by atoms with Gasteiger partial charge in [0.15, 0.2) is 0 Å². The van der Waals surface area contributed by atoms with Crippen molar-refractivity contribution < 1.29 is 9.18 Å². The average molecular weight is 267 g/mol. The molecular formula is C14H18FNOS. The smallest absolute Gasteiger partial charge is 0.233 e. The molecule has 0 aliphatic carbocycles. The molecule has 1 saturated heterocycles. The van der Waals surface area contributed by atoms with Crippen molar-refractivity contribution in [1.29, 1.82) is 0 Å². The molecule has 1 amide bonds. The highest BCUT2D eigenvalue weighted by Gasteiger charge is 2.29. The molecule has 1 heterocycles. The molecule has 0 aromatic heterocycles. The van der Waals surface area contributed by atoms with Crippen molar-refractivity contribution >= 4 is 17.7 Å². The second-order valence-corrected chi connectivity index (χ2v) is 5.71. The van der Waals surface area contributed by atoms with Crippen LogP contribution in [-0.4, -0.2) is 28.9 Å². The Morgan fingerprint density at radius 3 is 2.83 bits per heavy atom. The van der Waals surface area contributed by atoms with Crippen LogP contribution in [0.2, 0.25) is 0 Å². The molecule has 0 bridgehead atoms. The van der Waals surface area contributed by atoms with Gasteiger partial charge in [0.1, 0.15) is 5.82 Å². The van der Waals surface area contributed by atoms with Gasteiger partial charge in [0.25, 0.3) is 0 Å². The van der Waals surface area contributed by atoms with E-state index < -0.39 is 0 Å². The fourth-order valence-electron chi connectivity index (χ4n) is 2.37. The van der Waals surface area contributed by atoms with Crippen molar-refractivity contribution in [1.82, 2.24) is 4.90 Å². The SMILES string of the molecule is CCSCC(=O)N1CCC[C@@H]1c1ccc(F)cc1. The molecule has 1 aromatic carbocycles. The fourth-order valence-corrected chi connectivity index (χ4v) is 2.91. The normalized spacial score (nSPS) is 19.2. The van der Waals surface area contributed by atoms with Gasteiger partial charge in [0.2, 0.25) is 5.91 Å². The van der Waals surface area contributed by atoms with Gasteiger partial charge in [-0.25, -0.2) is 4.39 Å². The highest BCUT2D eigenvalue weighted by molar-refractivity contribution is 7.99. The lowest BCUT2D eigenvalue weighted by atomic mass is 10.0. The quantitative estimate of drug-likeness (QED) is 0.834. The minimum atomic E-state index is -0.226. The first kappa shape index (κ1) is 13.4. The van der Waals surface area contributed by atoms with Crippen LogP contribution in [0.3, 0.4) is 0 Å². The lowest BCUT2D eigenvalue weighted by molar-refractivity contribution is -0.129. The molecule has 4 heteroatoms. The first-order valence-electron chi connectivity index (χ1n) is 6.35. The predicted octanol–water partition coefficient (Wildman–Crippen LogP) is 3.24. The monoisotopic (exact) mass is 267 g/mol. The van der Waals surface area contributed by atoms with Crippen molar-refractivity contribution in [3.05, 3.63) is 35.6 Å². The molecule has 18 heavy (non-hydrogen) atoms. The molecule has 1 atom stereocenters. The standard InChI is InChI=1S/C14H18FNOS/c1-2-18-10-14(17)16-9-3-4-13(16)11-5-7-12(15)8-6-11/h5-8,13H,2-4,9-10H2,1H3/t13-/m1/s1. The summed E-state index contributed by atoms with van der Waals surface area (Å²) in [5.41, 5.74) is 1.05. The molecule has 0 N–H and O–H groups in total. The fraction of sp³-hybridized carbons (Fsp3) is 0.500. The third-order valence-corrected chi connectivity index (χ3v) is 4.12. The molecule has 1 aliphatic rings. The summed E-state index contributed by atoms with van der Waals surface area (Å²) in [4.78, 5) is 14.0. The number of halogens is 1. The second-order valence-electron chi connectivity index (χ2n) is 4.43. The molecule has 98 valence electrons. The molecule has 0 saturated carbocycles. The summed E-state index contributed by atoms with van der Waals surface area (Å²) in [5, 5.41) is 0. The maximum absolute atomic E-state index is 12.9. The Morgan fingerprint density at radius 1 is 1.44 bits per heavy atom. The third kappa shape index (κ3) is 3.05. The van der Waals surface area contributed by atoms with E-state index in [4.69, 9.17) is 0 Å². The molecule has 1 aliphatic heterocycles. The van der Waals surface area contributed by atoms with E-state index in [-0.39, 0.29) is 17.8 Å². The summed E-state index contributed by atoms with van der Waals surface area (Å²) < 4.78 is 12.9. The second kappa shape index (κ2) is 6.23. The Morgan fingerprint density at radius 2 is 2.17 bits per heavy atom. The Hall–Kier alpha value is -1.03. The lowest BCUT2D eigenvalue weighted by Crippen LogP contribution is -2.32. The highest BCUT2D eigenvalue weighted by Crippen LogP contribution is 2.32. The molecule has 0 unspecified atom stereocenters. The van der Waals surface area contributed by atoms with Crippen LogP contribution in [0.15, 0.2) is 24.3 Å². The number of amides is 1. The summed E-state index contributed by atoms with van der Waals surface area (Å²) in [6.07, 6.45) is 2.01. The Labute approximate surface area is 112 Å². The first-order chi connectivity index (χ1) is 8.72. The summed E-state index contributed by atoms with van der Waals surface area (Å²) in [6.45, 7) is 2.88. The Bertz CT molecular complexity index is 407. The van der Waals surface area contributed by atoms with Gasteiger partial charge in [-0.1, -0.05) is 19.1 Å². The van der Waals surface area contributed by atoms with Gasteiger partial charge in [-0.2, -0.15) is 11.8 Å². The number of hydrogen-bond donors (Lipinski definition) is 0. The topological polar surface area (TPSA) is 20.3 Å². The number of carbonyl (C=O) groups is 1. The van der Waals surface area contributed by atoms with Crippen LogP contribution in [0.4, 0.5) is 4.39 Å². The molecule has 0 radical (unpaired) electrons. The van der Waals surface area contributed by atoms with Gasteiger partial charge in [0.05, 0.1) is 11.8 Å². The summed E-state index contributed by atoms with van der Waals surface area (Å²) in [6, 6.07) is 6.65. The maximum atomic E-state index is 12.9. The molecule has 2 nitrogen and oxygen atoms in total. The number of thioether (sulfide) groups is 1. The van der Waals surface area contributed by atoms with E-state index >= 15 is 0 Å². The van der Waals surface area contributed by atoms with Crippen LogP contribution in [0, 0.1) is 5.82 Å². The zero-order valence-electron chi connectivity index (χ0n) is 10.6. The number of benzene rings is 1. The first-order valence-corrected chi connectivity index (χ1v) is 7.50. The molecule has 1 aromatic rings. The van der Waals surface area contributed by atoms with E-state index in [1.54, 1.807) is 23.9 Å². The van der Waals surface area contributed by atoms with Crippen molar-refractivity contribution in [3.63, 3.8) is 0 Å². The van der Waals surface area contributed by atoms with Crippen LogP contribution in [-0.2, 0) is 4.79 Å². The molecular weight excluding hydrogens is 249 g/mol.